The fourth-order valence-electron chi connectivity index (χ4n) is 1.97. The van der Waals surface area contributed by atoms with Gasteiger partial charge in [0.2, 0.25) is 10.0 Å². The van der Waals surface area contributed by atoms with Crippen molar-refractivity contribution in [1.82, 2.24) is 0 Å². The molecule has 0 spiro atoms. The van der Waals surface area contributed by atoms with E-state index in [2.05, 4.69) is 5.32 Å². The fraction of sp³-hybridized carbons (Fsp3) is 0.200. The third kappa shape index (κ3) is 3.96. The predicted molar refractivity (Wildman–Crippen MR) is 82.8 cm³/mol. The molecule has 0 aliphatic rings. The van der Waals surface area contributed by atoms with Gasteiger partial charge in [0.05, 0.1) is 12.0 Å². The van der Waals surface area contributed by atoms with Crippen molar-refractivity contribution in [1.29, 1.82) is 0 Å². The average molecular weight is 306 g/mol. The van der Waals surface area contributed by atoms with Crippen molar-refractivity contribution in [2.45, 2.75) is 17.9 Å². The summed E-state index contributed by atoms with van der Waals surface area (Å²) in [5, 5.41) is 8.36. The van der Waals surface area contributed by atoms with E-state index in [0.717, 1.165) is 17.0 Å². The molecule has 2 aromatic carbocycles. The van der Waals surface area contributed by atoms with Crippen molar-refractivity contribution in [2.24, 2.45) is 5.14 Å². The van der Waals surface area contributed by atoms with E-state index in [1.807, 2.05) is 31.2 Å². The highest BCUT2D eigenvalue weighted by atomic mass is 32.2. The van der Waals surface area contributed by atoms with Gasteiger partial charge in [-0.15, -0.1) is 0 Å². The Morgan fingerprint density at radius 3 is 2.10 bits per heavy atom. The smallest absolute Gasteiger partial charge is 0.238 e. The number of ether oxygens (including phenoxy) is 1. The summed E-state index contributed by atoms with van der Waals surface area (Å²) in [6, 6.07) is 14.2. The minimum atomic E-state index is -3.65. The lowest BCUT2D eigenvalue weighted by molar-refractivity contribution is 0.414. The molecule has 0 bridgehead atoms. The Labute approximate surface area is 124 Å². The molecule has 0 fully saturated rings. The number of sulfonamides is 1. The summed E-state index contributed by atoms with van der Waals surface area (Å²) in [4.78, 5) is 0.102. The summed E-state index contributed by atoms with van der Waals surface area (Å²) >= 11 is 0. The third-order valence-corrected chi connectivity index (χ3v) is 4.11. The Morgan fingerprint density at radius 1 is 1.05 bits per heavy atom. The summed E-state index contributed by atoms with van der Waals surface area (Å²) < 4.78 is 27.5. The summed E-state index contributed by atoms with van der Waals surface area (Å²) in [5.74, 6) is 0.809. The van der Waals surface area contributed by atoms with Gasteiger partial charge in [-0.2, -0.15) is 0 Å². The number of nitrogens with two attached hydrogens (primary N) is 1. The van der Waals surface area contributed by atoms with Gasteiger partial charge in [0.25, 0.3) is 0 Å². The molecule has 0 amide bonds. The second kappa shape index (κ2) is 6.15. The van der Waals surface area contributed by atoms with E-state index < -0.39 is 10.0 Å². The van der Waals surface area contributed by atoms with Crippen molar-refractivity contribution < 1.29 is 13.2 Å². The number of anilines is 1. The van der Waals surface area contributed by atoms with Gasteiger partial charge in [-0.3, -0.25) is 0 Å². The molecule has 6 heteroatoms. The van der Waals surface area contributed by atoms with Crippen molar-refractivity contribution in [3.63, 3.8) is 0 Å². The van der Waals surface area contributed by atoms with Crippen molar-refractivity contribution in [2.75, 3.05) is 12.4 Å². The summed E-state index contributed by atoms with van der Waals surface area (Å²) in [7, 11) is -2.02. The number of hydrogen-bond donors (Lipinski definition) is 2. The molecule has 2 aromatic rings. The van der Waals surface area contributed by atoms with Crippen LogP contribution < -0.4 is 15.2 Å². The molecular weight excluding hydrogens is 288 g/mol. The van der Waals surface area contributed by atoms with Gasteiger partial charge < -0.3 is 10.1 Å². The standard InChI is InChI=1S/C15H18N2O3S/c1-11(12-3-7-14(20-2)8-4-12)17-13-5-9-15(10-6-13)21(16,18)19/h3-11,17H,1-2H3,(H2,16,18,19). The van der Waals surface area contributed by atoms with Crippen LogP contribution in [-0.2, 0) is 10.0 Å². The molecule has 0 saturated carbocycles. The molecule has 112 valence electrons. The first-order chi connectivity index (χ1) is 9.90. The third-order valence-electron chi connectivity index (χ3n) is 3.18. The van der Waals surface area contributed by atoms with Gasteiger partial charge in [0, 0.05) is 11.7 Å². The minimum Gasteiger partial charge on any atom is -0.497 e. The van der Waals surface area contributed by atoms with E-state index >= 15 is 0 Å². The molecule has 1 unspecified atom stereocenters. The largest absolute Gasteiger partial charge is 0.497 e. The maximum Gasteiger partial charge on any atom is 0.238 e. The number of primary sulfonamides is 1. The Kier molecular flexibility index (Phi) is 4.50. The highest BCUT2D eigenvalue weighted by Crippen LogP contribution is 2.22. The van der Waals surface area contributed by atoms with E-state index in [0.29, 0.717) is 0 Å². The van der Waals surface area contributed by atoms with Crippen molar-refractivity contribution in [3.05, 3.63) is 54.1 Å². The van der Waals surface area contributed by atoms with Crippen LogP contribution in [0.4, 0.5) is 5.69 Å². The van der Waals surface area contributed by atoms with Crippen LogP contribution in [0.25, 0.3) is 0 Å². The Hall–Kier alpha value is -2.05. The molecule has 0 aromatic heterocycles. The zero-order chi connectivity index (χ0) is 15.5. The van der Waals surface area contributed by atoms with Gasteiger partial charge in [-0.25, -0.2) is 13.6 Å². The maximum absolute atomic E-state index is 11.2. The van der Waals surface area contributed by atoms with Crippen LogP contribution in [0.2, 0.25) is 0 Å². The molecule has 5 nitrogen and oxygen atoms in total. The SMILES string of the molecule is COc1ccc(C(C)Nc2ccc(S(N)(=O)=O)cc2)cc1. The van der Waals surface area contributed by atoms with E-state index in [1.54, 1.807) is 19.2 Å². The number of methoxy groups -OCH3 is 1. The van der Waals surface area contributed by atoms with E-state index in [1.165, 1.54) is 12.1 Å². The maximum atomic E-state index is 11.2. The Morgan fingerprint density at radius 2 is 1.62 bits per heavy atom. The monoisotopic (exact) mass is 306 g/mol. The lowest BCUT2D eigenvalue weighted by Gasteiger charge is -2.16. The van der Waals surface area contributed by atoms with E-state index in [-0.39, 0.29) is 10.9 Å². The first kappa shape index (κ1) is 15.3. The Balaban J connectivity index is 2.10. The Bertz CT molecular complexity index is 695. The quantitative estimate of drug-likeness (QED) is 0.889. The van der Waals surface area contributed by atoms with Crippen LogP contribution in [0.5, 0.6) is 5.75 Å². The lowest BCUT2D eigenvalue weighted by Crippen LogP contribution is -2.12. The summed E-state index contributed by atoms with van der Waals surface area (Å²) in [6.45, 7) is 2.02. The first-order valence-corrected chi connectivity index (χ1v) is 7.98. The van der Waals surface area contributed by atoms with Gasteiger partial charge >= 0.3 is 0 Å². The number of nitrogens with one attached hydrogen (secondary N) is 1. The first-order valence-electron chi connectivity index (χ1n) is 6.43. The topological polar surface area (TPSA) is 81.4 Å². The van der Waals surface area contributed by atoms with Crippen LogP contribution in [0.1, 0.15) is 18.5 Å². The van der Waals surface area contributed by atoms with Crippen LogP contribution in [0.3, 0.4) is 0 Å². The lowest BCUT2D eigenvalue weighted by atomic mass is 10.1. The molecule has 0 heterocycles. The van der Waals surface area contributed by atoms with Crippen LogP contribution in [-0.4, -0.2) is 15.5 Å². The average Bonchev–Trinajstić information content (AvgIpc) is 2.47. The molecule has 21 heavy (non-hydrogen) atoms. The van der Waals surface area contributed by atoms with Gasteiger partial charge in [0.1, 0.15) is 5.75 Å². The summed E-state index contributed by atoms with van der Waals surface area (Å²) in [5.41, 5.74) is 1.93. The molecule has 3 N–H and O–H groups in total. The second-order valence-electron chi connectivity index (χ2n) is 4.71. The highest BCUT2D eigenvalue weighted by molar-refractivity contribution is 7.89. The van der Waals surface area contributed by atoms with E-state index in [9.17, 15) is 8.42 Å². The molecular formula is C15H18N2O3S. The number of hydrogen-bond acceptors (Lipinski definition) is 4. The van der Waals surface area contributed by atoms with Gasteiger partial charge in [-0.05, 0) is 48.9 Å². The van der Waals surface area contributed by atoms with Gasteiger partial charge in [0.15, 0.2) is 0 Å². The number of rotatable bonds is 5. The predicted octanol–water partition coefficient (Wildman–Crippen LogP) is 2.52. The zero-order valence-corrected chi connectivity index (χ0v) is 12.7. The fourth-order valence-corrected chi connectivity index (χ4v) is 2.48. The molecule has 0 aliphatic carbocycles. The minimum absolute atomic E-state index is 0.0799. The zero-order valence-electron chi connectivity index (χ0n) is 11.9. The molecule has 0 radical (unpaired) electrons. The summed E-state index contributed by atoms with van der Waals surface area (Å²) in [6.07, 6.45) is 0. The van der Waals surface area contributed by atoms with E-state index in [4.69, 9.17) is 9.88 Å². The molecule has 2 rings (SSSR count). The van der Waals surface area contributed by atoms with Crippen LogP contribution >= 0.6 is 0 Å². The van der Waals surface area contributed by atoms with Crippen molar-refractivity contribution in [3.8, 4) is 5.75 Å². The normalized spacial score (nSPS) is 12.7. The molecule has 0 aliphatic heterocycles. The molecule has 1 atom stereocenters. The second-order valence-corrected chi connectivity index (χ2v) is 6.27. The van der Waals surface area contributed by atoms with Crippen molar-refractivity contribution >= 4 is 15.7 Å². The van der Waals surface area contributed by atoms with Crippen LogP contribution in [0.15, 0.2) is 53.4 Å². The number of benzene rings is 2. The van der Waals surface area contributed by atoms with Gasteiger partial charge in [-0.1, -0.05) is 12.1 Å². The van der Waals surface area contributed by atoms with Crippen LogP contribution in [0, 0.1) is 0 Å². The highest BCUT2D eigenvalue weighted by Gasteiger charge is 2.09. The molecule has 0 saturated heterocycles.